The Labute approximate surface area is 152 Å². The summed E-state index contributed by atoms with van der Waals surface area (Å²) in [6, 6.07) is 0. The van der Waals surface area contributed by atoms with Gasteiger partial charge in [-0.05, 0) is 42.6 Å². The van der Waals surface area contributed by atoms with Crippen molar-refractivity contribution in [3.63, 3.8) is 0 Å². The molecule has 0 radical (unpaired) electrons. The predicted molar refractivity (Wildman–Crippen MR) is 88.4 cm³/mol. The molecule has 4 saturated heterocycles. The number of ether oxygens (including phenoxy) is 2. The van der Waals surface area contributed by atoms with Gasteiger partial charge in [0.25, 0.3) is 0 Å². The first kappa shape index (κ1) is 16.2. The SMILES string of the molecule is C=C1C(=O)[C@@]23[C@H]4O[C@H]5O[C@]2(O)[C@@H](O)[C@@H]2C(C)(C)CCC(O)C52[C@@H]3CC[C@@H]14. The Bertz CT molecular complexity index is 761. The largest absolute Gasteiger partial charge is 0.392 e. The van der Waals surface area contributed by atoms with E-state index in [-0.39, 0.29) is 23.0 Å². The summed E-state index contributed by atoms with van der Waals surface area (Å²) in [5.41, 5.74) is -2.03. The fourth-order valence-corrected chi connectivity index (χ4v) is 8.38. The van der Waals surface area contributed by atoms with Crippen LogP contribution in [0.2, 0.25) is 0 Å². The molecule has 2 unspecified atom stereocenters. The molecular weight excluding hydrogens is 336 g/mol. The van der Waals surface area contributed by atoms with Crippen LogP contribution in [0.15, 0.2) is 12.2 Å². The molecule has 0 aromatic rings. The molecule has 4 aliphatic heterocycles. The van der Waals surface area contributed by atoms with Crippen LogP contribution >= 0.6 is 0 Å². The molecular formula is C20H26O6. The van der Waals surface area contributed by atoms with Crippen LogP contribution < -0.4 is 0 Å². The van der Waals surface area contributed by atoms with Crippen LogP contribution in [0.4, 0.5) is 0 Å². The predicted octanol–water partition coefficient (Wildman–Crippen LogP) is 0.740. The third-order valence-electron chi connectivity index (χ3n) is 9.14. The second kappa shape index (κ2) is 4.13. The molecule has 0 aromatic carbocycles. The van der Waals surface area contributed by atoms with E-state index < -0.39 is 47.1 Å². The van der Waals surface area contributed by atoms with Gasteiger partial charge in [0, 0.05) is 11.8 Å². The van der Waals surface area contributed by atoms with E-state index in [4.69, 9.17) is 9.47 Å². The van der Waals surface area contributed by atoms with Crippen molar-refractivity contribution in [2.75, 3.05) is 0 Å². The first-order valence-electron chi connectivity index (χ1n) is 9.80. The summed E-state index contributed by atoms with van der Waals surface area (Å²) in [6.07, 6.45) is -0.473. The minimum atomic E-state index is -1.97. The van der Waals surface area contributed by atoms with Crippen LogP contribution in [0.1, 0.15) is 39.5 Å². The van der Waals surface area contributed by atoms with Gasteiger partial charge in [-0.2, -0.15) is 0 Å². The fourth-order valence-electron chi connectivity index (χ4n) is 8.38. The lowest BCUT2D eigenvalue weighted by molar-refractivity contribution is -0.556. The lowest BCUT2D eigenvalue weighted by Gasteiger charge is -2.79. The lowest BCUT2D eigenvalue weighted by Crippen LogP contribution is -2.91. The van der Waals surface area contributed by atoms with Gasteiger partial charge in [0.1, 0.15) is 11.5 Å². The monoisotopic (exact) mass is 362 g/mol. The average molecular weight is 362 g/mol. The zero-order chi connectivity index (χ0) is 18.4. The third kappa shape index (κ3) is 1.19. The van der Waals surface area contributed by atoms with E-state index in [9.17, 15) is 20.1 Å². The minimum absolute atomic E-state index is 0.133. The summed E-state index contributed by atoms with van der Waals surface area (Å²) in [7, 11) is 0. The van der Waals surface area contributed by atoms with E-state index in [1.807, 2.05) is 0 Å². The van der Waals surface area contributed by atoms with Gasteiger partial charge in [-0.1, -0.05) is 20.4 Å². The van der Waals surface area contributed by atoms with Gasteiger partial charge in [0.2, 0.25) is 5.79 Å². The molecule has 0 amide bonds. The average Bonchev–Trinajstić information content (AvgIpc) is 2.71. The van der Waals surface area contributed by atoms with Crippen molar-refractivity contribution in [2.24, 2.45) is 34.0 Å². The van der Waals surface area contributed by atoms with Crippen LogP contribution in [0.25, 0.3) is 0 Å². The highest BCUT2D eigenvalue weighted by atomic mass is 16.8. The third-order valence-corrected chi connectivity index (χ3v) is 9.14. The number of hydrogen-bond donors (Lipinski definition) is 3. The maximum absolute atomic E-state index is 13.4. The lowest BCUT2D eigenvalue weighted by atomic mass is 9.34. The van der Waals surface area contributed by atoms with E-state index >= 15 is 0 Å². The van der Waals surface area contributed by atoms with Crippen LogP contribution in [-0.2, 0) is 14.3 Å². The number of Topliss-reactive ketones (excluding diaryl/α,β-unsaturated/α-hetero) is 1. The van der Waals surface area contributed by atoms with Crippen molar-refractivity contribution in [2.45, 2.75) is 69.9 Å². The Hall–Kier alpha value is -0.790. The molecule has 10 atom stereocenters. The topological polar surface area (TPSA) is 96.2 Å². The van der Waals surface area contributed by atoms with Crippen molar-refractivity contribution in [3.8, 4) is 0 Å². The van der Waals surface area contributed by atoms with E-state index in [0.717, 1.165) is 12.8 Å². The van der Waals surface area contributed by atoms with Gasteiger partial charge in [-0.15, -0.1) is 0 Å². The number of aliphatic hydroxyl groups excluding tert-OH is 2. The molecule has 7 bridgehead atoms. The van der Waals surface area contributed by atoms with Gasteiger partial charge in [0.05, 0.1) is 17.6 Å². The molecule has 4 aliphatic carbocycles. The summed E-state index contributed by atoms with van der Waals surface area (Å²) >= 11 is 0. The maximum Gasteiger partial charge on any atom is 0.211 e. The number of carbonyl (C=O) groups is 1. The highest BCUT2D eigenvalue weighted by Crippen LogP contribution is 2.81. The van der Waals surface area contributed by atoms with Gasteiger partial charge < -0.3 is 24.8 Å². The van der Waals surface area contributed by atoms with Crippen LogP contribution in [0.3, 0.4) is 0 Å². The number of aliphatic hydroxyl groups is 3. The Morgan fingerprint density at radius 2 is 1.92 bits per heavy atom. The summed E-state index contributed by atoms with van der Waals surface area (Å²) in [6.45, 7) is 8.14. The second-order valence-electron chi connectivity index (χ2n) is 10.1. The van der Waals surface area contributed by atoms with Crippen LogP contribution in [0.5, 0.6) is 0 Å². The van der Waals surface area contributed by atoms with Crippen molar-refractivity contribution in [3.05, 3.63) is 12.2 Å². The van der Waals surface area contributed by atoms with E-state index in [2.05, 4.69) is 20.4 Å². The van der Waals surface area contributed by atoms with Crippen molar-refractivity contribution < 1.29 is 29.6 Å². The Morgan fingerprint density at radius 1 is 1.19 bits per heavy atom. The zero-order valence-corrected chi connectivity index (χ0v) is 15.1. The molecule has 8 fully saturated rings. The molecule has 142 valence electrons. The first-order chi connectivity index (χ1) is 12.1. The quantitative estimate of drug-likeness (QED) is 0.550. The molecule has 8 aliphatic rings. The maximum atomic E-state index is 13.4. The highest BCUT2D eigenvalue weighted by molar-refractivity contribution is 6.05. The summed E-state index contributed by atoms with van der Waals surface area (Å²) in [4.78, 5) is 13.4. The van der Waals surface area contributed by atoms with E-state index in [1.165, 1.54) is 0 Å². The Morgan fingerprint density at radius 3 is 2.65 bits per heavy atom. The number of rotatable bonds is 0. The molecule has 2 spiro atoms. The normalized spacial score (nSPS) is 64.0. The summed E-state index contributed by atoms with van der Waals surface area (Å²) < 4.78 is 12.3. The second-order valence-corrected chi connectivity index (χ2v) is 10.1. The Kier molecular flexibility index (Phi) is 2.57. The molecule has 3 N–H and O–H groups in total. The number of ketones is 1. The zero-order valence-electron chi connectivity index (χ0n) is 15.1. The molecule has 4 heterocycles. The summed E-state index contributed by atoms with van der Waals surface area (Å²) in [5.74, 6) is -2.99. The number of carbonyl (C=O) groups excluding carboxylic acids is 1. The van der Waals surface area contributed by atoms with Gasteiger partial charge in [0.15, 0.2) is 12.1 Å². The smallest absolute Gasteiger partial charge is 0.211 e. The highest BCUT2D eigenvalue weighted by Gasteiger charge is 2.92. The Balaban J connectivity index is 1.70. The fraction of sp³-hybridized carbons (Fsp3) is 0.850. The number of hydrogen-bond acceptors (Lipinski definition) is 6. The standard InChI is InChI=1S/C20H26O6/c1-8-9-4-5-10-18-11(21)6-7-17(2,3)12(18)14(23)20(24)19(10,13(8)22)15(9)25-16(18)26-20/h9-12,14-16,21,23-24H,1,4-7H2,2-3H3/t9-,10-,11?,12+,14-,15-,16-,18?,19-,20+/m0/s1. The molecule has 6 nitrogen and oxygen atoms in total. The van der Waals surface area contributed by atoms with E-state index in [0.29, 0.717) is 18.4 Å². The molecule has 4 saturated carbocycles. The van der Waals surface area contributed by atoms with Crippen molar-refractivity contribution in [1.29, 1.82) is 0 Å². The summed E-state index contributed by atoms with van der Waals surface area (Å²) in [5, 5.41) is 34.3. The van der Waals surface area contributed by atoms with E-state index in [1.54, 1.807) is 0 Å². The molecule has 8 rings (SSSR count). The molecule has 0 aromatic heterocycles. The first-order valence-corrected chi connectivity index (χ1v) is 9.80. The van der Waals surface area contributed by atoms with Gasteiger partial charge >= 0.3 is 0 Å². The minimum Gasteiger partial charge on any atom is -0.392 e. The van der Waals surface area contributed by atoms with Gasteiger partial charge in [-0.3, -0.25) is 4.79 Å². The molecule has 6 heteroatoms. The van der Waals surface area contributed by atoms with Crippen LogP contribution in [-0.4, -0.2) is 51.5 Å². The van der Waals surface area contributed by atoms with Gasteiger partial charge in [-0.25, -0.2) is 0 Å². The molecule has 26 heavy (non-hydrogen) atoms. The van der Waals surface area contributed by atoms with Crippen LogP contribution in [0, 0.1) is 34.0 Å². The van der Waals surface area contributed by atoms with Crippen molar-refractivity contribution >= 4 is 5.78 Å². The van der Waals surface area contributed by atoms with Crippen molar-refractivity contribution in [1.82, 2.24) is 0 Å².